The minimum Gasteiger partial charge on any atom is -0.309 e. The lowest BCUT2D eigenvalue weighted by Gasteiger charge is -2.22. The Balaban J connectivity index is 1.04. The zero-order valence-electron chi connectivity index (χ0n) is 29.4. The highest BCUT2D eigenvalue weighted by molar-refractivity contribution is 7.26. The van der Waals surface area contributed by atoms with Crippen LogP contribution in [-0.2, 0) is 5.41 Å². The van der Waals surface area contributed by atoms with E-state index in [1.807, 2.05) is 11.3 Å². The number of benzene rings is 9. The van der Waals surface area contributed by atoms with Gasteiger partial charge in [-0.25, -0.2) is 0 Å². The number of thiophene rings is 1. The predicted octanol–water partition coefficient (Wildman–Crippen LogP) is 14.6. The molecule has 1 nitrogen and oxygen atoms in total. The zero-order valence-corrected chi connectivity index (χ0v) is 30.3. The maximum atomic E-state index is 2.48. The Morgan fingerprint density at radius 1 is 0.415 bits per heavy atom. The van der Waals surface area contributed by atoms with E-state index >= 15 is 0 Å². The van der Waals surface area contributed by atoms with Gasteiger partial charge in [0.15, 0.2) is 0 Å². The maximum Gasteiger partial charge on any atom is 0.0541 e. The lowest BCUT2D eigenvalue weighted by molar-refractivity contribution is 0.660. The molecule has 2 aromatic heterocycles. The molecule has 0 N–H and O–H groups in total. The highest BCUT2D eigenvalue weighted by Crippen LogP contribution is 2.54. The van der Waals surface area contributed by atoms with E-state index in [1.165, 1.54) is 113 Å². The molecule has 1 aliphatic rings. The second kappa shape index (κ2) is 10.4. The van der Waals surface area contributed by atoms with E-state index in [1.54, 1.807) is 0 Å². The van der Waals surface area contributed by atoms with Crippen molar-refractivity contribution in [2.24, 2.45) is 0 Å². The molecule has 0 saturated heterocycles. The molecule has 1 aliphatic carbocycles. The van der Waals surface area contributed by atoms with Gasteiger partial charge in [-0.05, 0) is 103 Å². The molecule has 53 heavy (non-hydrogen) atoms. The van der Waals surface area contributed by atoms with E-state index in [9.17, 15) is 0 Å². The average Bonchev–Trinajstić information content (AvgIpc) is 3.83. The topological polar surface area (TPSA) is 4.93 Å². The van der Waals surface area contributed by atoms with Crippen LogP contribution in [0.1, 0.15) is 25.0 Å². The van der Waals surface area contributed by atoms with Crippen molar-refractivity contribution < 1.29 is 0 Å². The van der Waals surface area contributed by atoms with Gasteiger partial charge in [-0.2, -0.15) is 0 Å². The number of aromatic nitrogens is 1. The van der Waals surface area contributed by atoms with Crippen molar-refractivity contribution in [1.29, 1.82) is 0 Å². The standard InChI is InChI=1S/C51H33NS/c1-51(2)44-25-24-40-39-16-8-10-18-48(39)53-50(40)49(44)41-23-21-32(29-45(41)51)52-46-17-9-7-15-38(46)43-28-31(20-26-47(43)52)30-19-22-37-35-13-4-3-11-33(35)34-12-5-6-14-36(34)42(37)27-30/h3-29H,1-2H3. The molecule has 0 amide bonds. The highest BCUT2D eigenvalue weighted by atomic mass is 32.1. The first kappa shape index (κ1) is 29.4. The van der Waals surface area contributed by atoms with Crippen LogP contribution in [-0.4, -0.2) is 4.57 Å². The van der Waals surface area contributed by atoms with Crippen molar-refractivity contribution in [2.75, 3.05) is 0 Å². The first-order valence-electron chi connectivity index (χ1n) is 18.5. The second-order valence-electron chi connectivity index (χ2n) is 15.3. The van der Waals surface area contributed by atoms with Crippen LogP contribution >= 0.6 is 11.3 Å². The minimum absolute atomic E-state index is 0.109. The molecule has 2 heterocycles. The first-order chi connectivity index (χ1) is 26.0. The molecule has 0 aliphatic heterocycles. The number of hydrogen-bond donors (Lipinski definition) is 0. The van der Waals surface area contributed by atoms with E-state index in [0.717, 1.165) is 0 Å². The summed E-state index contributed by atoms with van der Waals surface area (Å²) in [6.45, 7) is 4.79. The third-order valence-corrected chi connectivity index (χ3v) is 13.4. The van der Waals surface area contributed by atoms with Crippen LogP contribution in [0.4, 0.5) is 0 Å². The molecule has 2 heteroatoms. The lowest BCUT2D eigenvalue weighted by Crippen LogP contribution is -2.15. The first-order valence-corrected chi connectivity index (χ1v) is 19.3. The third-order valence-electron chi connectivity index (χ3n) is 12.2. The quantitative estimate of drug-likeness (QED) is 0.159. The van der Waals surface area contributed by atoms with Crippen LogP contribution in [0.5, 0.6) is 0 Å². The molecule has 9 aromatic carbocycles. The van der Waals surface area contributed by atoms with Crippen LogP contribution in [0.2, 0.25) is 0 Å². The van der Waals surface area contributed by atoms with Gasteiger partial charge in [0.05, 0.1) is 11.0 Å². The summed E-state index contributed by atoms with van der Waals surface area (Å²) in [6.07, 6.45) is 0. The van der Waals surface area contributed by atoms with Crippen LogP contribution in [0.3, 0.4) is 0 Å². The van der Waals surface area contributed by atoms with E-state index in [0.29, 0.717) is 0 Å². The summed E-state index contributed by atoms with van der Waals surface area (Å²) >= 11 is 1.93. The molecule has 0 fully saturated rings. The van der Waals surface area contributed by atoms with Gasteiger partial charge in [0, 0.05) is 47.6 Å². The molecule has 11 aromatic rings. The normalized spacial score (nSPS) is 13.6. The van der Waals surface area contributed by atoms with Crippen molar-refractivity contribution in [3.63, 3.8) is 0 Å². The van der Waals surface area contributed by atoms with Gasteiger partial charge < -0.3 is 4.57 Å². The van der Waals surface area contributed by atoms with Gasteiger partial charge in [-0.1, -0.05) is 135 Å². The molecule has 0 spiro atoms. The monoisotopic (exact) mass is 691 g/mol. The molecular formula is C51H33NS. The number of nitrogens with zero attached hydrogens (tertiary/aromatic N) is 1. The SMILES string of the molecule is CC1(C)c2cc(-n3c4ccccc4c4cc(-c5ccc6c7ccccc7c7ccccc7c6c5)ccc43)ccc2-c2c1ccc1c2sc2ccccc21. The molecule has 0 atom stereocenters. The number of para-hydroxylation sites is 1. The summed E-state index contributed by atoms with van der Waals surface area (Å²) in [5, 5.41) is 13.1. The smallest absolute Gasteiger partial charge is 0.0541 e. The number of rotatable bonds is 2. The van der Waals surface area contributed by atoms with Gasteiger partial charge >= 0.3 is 0 Å². The van der Waals surface area contributed by atoms with Gasteiger partial charge in [-0.3, -0.25) is 0 Å². The van der Waals surface area contributed by atoms with Crippen LogP contribution in [0, 0.1) is 0 Å². The Morgan fingerprint density at radius 2 is 0.981 bits per heavy atom. The van der Waals surface area contributed by atoms with Gasteiger partial charge in [0.1, 0.15) is 0 Å². The Hall–Kier alpha value is -6.22. The molecular weight excluding hydrogens is 659 g/mol. The second-order valence-corrected chi connectivity index (χ2v) is 16.3. The zero-order chi connectivity index (χ0) is 35.0. The fraction of sp³-hybridized carbons (Fsp3) is 0.0588. The summed E-state index contributed by atoms with van der Waals surface area (Å²) in [5.41, 5.74) is 11.6. The molecule has 0 saturated carbocycles. The largest absolute Gasteiger partial charge is 0.309 e. The Morgan fingerprint density at radius 3 is 1.74 bits per heavy atom. The maximum absolute atomic E-state index is 2.48. The summed E-state index contributed by atoms with van der Waals surface area (Å²) in [6, 6.07) is 61.4. The highest BCUT2D eigenvalue weighted by Gasteiger charge is 2.37. The summed E-state index contributed by atoms with van der Waals surface area (Å²) in [5.74, 6) is 0. The van der Waals surface area contributed by atoms with Crippen LogP contribution in [0.15, 0.2) is 164 Å². The van der Waals surface area contributed by atoms with Crippen LogP contribution < -0.4 is 0 Å². The summed E-state index contributed by atoms with van der Waals surface area (Å²) in [4.78, 5) is 0. The van der Waals surface area contributed by atoms with Crippen molar-refractivity contribution in [3.8, 4) is 27.9 Å². The molecule has 0 radical (unpaired) electrons. The van der Waals surface area contributed by atoms with E-state index < -0.39 is 0 Å². The minimum atomic E-state index is -0.109. The third kappa shape index (κ3) is 3.91. The van der Waals surface area contributed by atoms with E-state index in [2.05, 4.69) is 182 Å². The van der Waals surface area contributed by atoms with Crippen molar-refractivity contribution in [1.82, 2.24) is 4.57 Å². The van der Waals surface area contributed by atoms with E-state index in [-0.39, 0.29) is 5.41 Å². The van der Waals surface area contributed by atoms with Crippen molar-refractivity contribution >= 4 is 85.6 Å². The van der Waals surface area contributed by atoms with Gasteiger partial charge in [0.25, 0.3) is 0 Å². The Labute approximate surface area is 311 Å². The average molecular weight is 692 g/mol. The fourth-order valence-electron chi connectivity index (χ4n) is 9.65. The van der Waals surface area contributed by atoms with Gasteiger partial charge in [-0.15, -0.1) is 11.3 Å². The molecule has 248 valence electrons. The Kier molecular flexibility index (Phi) is 5.78. The van der Waals surface area contributed by atoms with Gasteiger partial charge in [0.2, 0.25) is 0 Å². The number of fused-ring (bicyclic) bond motifs is 16. The van der Waals surface area contributed by atoms with Crippen LogP contribution in [0.25, 0.3) is 102 Å². The van der Waals surface area contributed by atoms with Crippen molar-refractivity contribution in [2.45, 2.75) is 19.3 Å². The molecule has 0 bridgehead atoms. The predicted molar refractivity (Wildman–Crippen MR) is 229 cm³/mol. The molecule has 0 unspecified atom stereocenters. The molecule has 12 rings (SSSR count). The Bertz CT molecular complexity index is 3340. The summed E-state index contributed by atoms with van der Waals surface area (Å²) < 4.78 is 5.24. The summed E-state index contributed by atoms with van der Waals surface area (Å²) in [7, 11) is 0. The number of hydrogen-bond acceptors (Lipinski definition) is 1. The van der Waals surface area contributed by atoms with E-state index in [4.69, 9.17) is 0 Å². The van der Waals surface area contributed by atoms with Crippen molar-refractivity contribution in [3.05, 3.63) is 175 Å². The lowest BCUT2D eigenvalue weighted by atomic mass is 9.82. The fourth-order valence-corrected chi connectivity index (χ4v) is 10.9.